The lowest BCUT2D eigenvalue weighted by atomic mass is 9.92. The summed E-state index contributed by atoms with van der Waals surface area (Å²) < 4.78 is 113. The number of aromatic nitrogens is 1. The molecule has 10 rings (SSSR count). The number of carbonyl (C=O) groups is 1. The number of thioether (sulfide) groups is 1. The minimum Gasteiger partial charge on any atom is -0.388 e. The Labute approximate surface area is 763 Å². The van der Waals surface area contributed by atoms with Crippen molar-refractivity contribution < 1.29 is 53.1 Å². The smallest absolute Gasteiger partial charge is 0.388 e. The van der Waals surface area contributed by atoms with E-state index >= 15 is 0 Å². The molecular weight excluding hydrogens is 1600 g/mol. The van der Waals surface area contributed by atoms with Crippen LogP contribution in [0.3, 0.4) is 0 Å². The highest BCUT2D eigenvalue weighted by molar-refractivity contribution is 7.97. The monoisotopic (exact) mass is 1780 g/mol. The van der Waals surface area contributed by atoms with Gasteiger partial charge in [0.05, 0.1) is 13.9 Å². The maximum atomic E-state index is 11.6. The maximum Gasteiger partial charge on any atom is 0.402 e. The van der Waals surface area contributed by atoms with Crippen molar-refractivity contribution in [2.24, 2.45) is 5.41 Å². The lowest BCUT2D eigenvalue weighted by Crippen LogP contribution is -2.44. The molecule has 0 aliphatic rings. The minimum atomic E-state index is -5.24. The number of hydrogen-bond acceptors (Lipinski definition) is 6. The number of hydrogen-bond donors (Lipinski definition) is 0. The quantitative estimate of drug-likeness (QED) is 0.164. The van der Waals surface area contributed by atoms with Gasteiger partial charge in [0.2, 0.25) is 0 Å². The summed E-state index contributed by atoms with van der Waals surface area (Å²) in [5, 5.41) is 5.66. The molecule has 712 valence electrons. The molecule has 15 heteroatoms. The highest BCUT2D eigenvalue weighted by Crippen LogP contribution is 2.49. The number of halogens is 8. The number of benzene rings is 9. The molecule has 1 heterocycles. The molecular formula is C109H179F8NO4S2. The predicted molar refractivity (Wildman–Crippen MR) is 550 cm³/mol. The van der Waals surface area contributed by atoms with E-state index in [1.54, 1.807) is 26.0 Å². The Bertz CT molecular complexity index is 4240. The summed E-state index contributed by atoms with van der Waals surface area (Å²) in [5.41, 5.74) is 34.2. The van der Waals surface area contributed by atoms with Crippen molar-refractivity contribution in [3.05, 3.63) is 284 Å². The molecule has 0 N–H and O–H groups in total. The normalized spacial score (nSPS) is 9.53. The number of alkyl halides is 8. The standard InChI is InChI=1S/C17H20.C16H18.2C14H16.C10H14.C9H13N.C5H6F6.C3H6O.C3H8.C2H5F.C2H6O2S.C2H6O.C2H6S.CH3F.9CH4/c1-12-5-7-16(9-14(12)3)11-17-8-6-13(2)15(4)10-17;1-11-5-7-15(9-13(11)3)16-8-6-12(2)14(4)10-16;1-9-5-7-14-12(4)10(2)6-8-13(14)11(9)3;1-9-5-6-11(3)14-12(4)8-7-10(2)13(9)14;1-7-5-9(3)10(4)6-8(7)2;1-6-5-7(2)9(4)10-8(6)3;1-3(2,4(6,7)8)5(9,10)11;1-3(2)4;1-3-2;1-2-3;1-5(2,3)4;2*1-3-2;1-2;;;;;;;;;/h5-10H,11H2,1-4H3;5-10H,1-4H3;2*5-8H,1-4H3;5-6H,1-4H3;5H,1-4H3;1-2H3;1-2H3;3H2,1-2H3;2H2,1H3;1-2H3;2*1-2H3;1H3;9*1H4. The van der Waals surface area contributed by atoms with E-state index in [4.69, 9.17) is 0 Å². The van der Waals surface area contributed by atoms with Crippen LogP contribution in [0.5, 0.6) is 0 Å². The summed E-state index contributed by atoms with van der Waals surface area (Å²) in [7, 11) is 1.08. The summed E-state index contributed by atoms with van der Waals surface area (Å²) in [6.07, 6.45) is -1.81. The first-order chi connectivity index (χ1) is 53.0. The van der Waals surface area contributed by atoms with Gasteiger partial charge in [0, 0.05) is 38.1 Å². The van der Waals surface area contributed by atoms with Crippen molar-refractivity contribution in [1.29, 1.82) is 0 Å². The number of Topliss-reactive ketones (excluding diaryl/α,β-unsaturated/α-hetero) is 1. The van der Waals surface area contributed by atoms with Crippen LogP contribution in [0.25, 0.3) is 32.7 Å². The number of sulfone groups is 1. The van der Waals surface area contributed by atoms with Gasteiger partial charge in [0.25, 0.3) is 0 Å². The Morgan fingerprint density at radius 2 is 0.532 bits per heavy atom. The van der Waals surface area contributed by atoms with Crippen LogP contribution in [0.2, 0.25) is 0 Å². The Hall–Kier alpha value is -7.98. The lowest BCUT2D eigenvalue weighted by Gasteiger charge is -2.29. The zero-order valence-electron chi connectivity index (χ0n) is 77.3. The molecule has 0 bridgehead atoms. The van der Waals surface area contributed by atoms with Gasteiger partial charge in [-0.05, 0) is 386 Å². The molecule has 0 radical (unpaired) electrons. The van der Waals surface area contributed by atoms with Gasteiger partial charge in [-0.2, -0.15) is 38.1 Å². The van der Waals surface area contributed by atoms with Gasteiger partial charge in [-0.25, -0.2) is 8.42 Å². The maximum absolute atomic E-state index is 11.6. The van der Waals surface area contributed by atoms with Crippen molar-refractivity contribution in [2.45, 2.75) is 307 Å². The molecule has 0 fully saturated rings. The molecule has 0 spiro atoms. The number of rotatable bonds is 3. The van der Waals surface area contributed by atoms with Gasteiger partial charge in [-0.1, -0.05) is 227 Å². The first-order valence-electron chi connectivity index (χ1n) is 38.6. The van der Waals surface area contributed by atoms with Gasteiger partial charge in [-0.3, -0.25) is 13.8 Å². The fraction of sp³-hybridized carbons (Fsp3) is 0.486. The fourth-order valence-corrected chi connectivity index (χ4v) is 10.3. The third kappa shape index (κ3) is 55.5. The van der Waals surface area contributed by atoms with Gasteiger partial charge in [0.1, 0.15) is 15.6 Å². The van der Waals surface area contributed by atoms with Crippen molar-refractivity contribution in [3.63, 3.8) is 0 Å². The second kappa shape index (κ2) is 72.1. The van der Waals surface area contributed by atoms with Crippen molar-refractivity contribution in [1.82, 2.24) is 4.98 Å². The third-order valence-electron chi connectivity index (χ3n) is 18.6. The van der Waals surface area contributed by atoms with Crippen LogP contribution in [0.4, 0.5) is 35.1 Å². The second-order valence-corrected chi connectivity index (χ2v) is 33.2. The summed E-state index contributed by atoms with van der Waals surface area (Å²) in [4.78, 5) is 13.8. The van der Waals surface area contributed by atoms with Crippen molar-refractivity contribution in [3.8, 4) is 11.1 Å². The zero-order valence-corrected chi connectivity index (χ0v) is 79.0. The van der Waals surface area contributed by atoms with E-state index in [1.165, 1.54) is 193 Å². The number of ether oxygens (including phenoxy) is 1. The summed E-state index contributed by atoms with van der Waals surface area (Å²) in [6, 6.07) is 51.2. The topological polar surface area (TPSA) is 73.3 Å². The Morgan fingerprint density at radius 1 is 0.355 bits per heavy atom. The first-order valence-corrected chi connectivity index (χ1v) is 42.6. The Kier molecular flexibility index (Phi) is 84.1. The molecule has 0 aliphatic carbocycles. The predicted octanol–water partition coefficient (Wildman–Crippen LogP) is 35.8. The van der Waals surface area contributed by atoms with Crippen LogP contribution in [0.15, 0.2) is 140 Å². The van der Waals surface area contributed by atoms with Crippen LogP contribution in [-0.4, -0.2) is 84.6 Å². The van der Waals surface area contributed by atoms with E-state index in [2.05, 4.69) is 315 Å². The molecule has 10 aromatic rings. The van der Waals surface area contributed by atoms with E-state index in [-0.39, 0.29) is 93.1 Å². The molecule has 0 atom stereocenters. The van der Waals surface area contributed by atoms with E-state index < -0.39 is 27.6 Å². The Morgan fingerprint density at radius 3 is 0.718 bits per heavy atom. The van der Waals surface area contributed by atoms with Crippen LogP contribution >= 0.6 is 11.8 Å². The number of methoxy groups -OCH3 is 1. The number of ketones is 1. The molecule has 5 nitrogen and oxygen atoms in total. The van der Waals surface area contributed by atoms with Gasteiger partial charge in [-0.15, -0.1) is 0 Å². The molecule has 0 unspecified atom stereocenters. The van der Waals surface area contributed by atoms with Crippen molar-refractivity contribution >= 4 is 48.9 Å². The number of carbonyl (C=O) groups excluding carboxylic acids is 1. The molecule has 124 heavy (non-hydrogen) atoms. The first kappa shape index (κ1) is 145. The van der Waals surface area contributed by atoms with Gasteiger partial charge in [0.15, 0.2) is 5.41 Å². The highest BCUT2D eigenvalue weighted by atomic mass is 32.2. The van der Waals surface area contributed by atoms with E-state index in [9.17, 15) is 48.3 Å². The van der Waals surface area contributed by atoms with Gasteiger partial charge < -0.3 is 9.53 Å². The van der Waals surface area contributed by atoms with Gasteiger partial charge >= 0.3 is 12.4 Å². The number of fused-ring (bicyclic) bond motifs is 2. The average Bonchev–Trinajstić information content (AvgIpc) is 0.783. The van der Waals surface area contributed by atoms with E-state index in [0.29, 0.717) is 7.18 Å². The molecule has 0 aliphatic heterocycles. The van der Waals surface area contributed by atoms with E-state index in [1.807, 2.05) is 26.4 Å². The number of pyridine rings is 1. The minimum absolute atomic E-state index is 0. The largest absolute Gasteiger partial charge is 0.402 e. The SMILES string of the molecule is C.C.C.C.C.C.C.C.C.CC(C)(C(F)(F)F)C(F)(F)F.CC(C)=O.CCC.CCF.CF.COC.CS(C)(=O)=O.CSC.Cc1cc(C)c(C)cc1C.Cc1cc(C)c(C)nc1C.Cc1ccc(-c2ccc(C)c(C)c2)cc1C.Cc1ccc(C)c2c(C)ccc(C)c12.Cc1ccc(Cc2ccc(C)c(C)c2)cc1C.Cc1ccc2c(C)c(C)ccc2c1C. The highest BCUT2D eigenvalue weighted by Gasteiger charge is 2.64. The van der Waals surface area contributed by atoms with Crippen LogP contribution in [0, 0.1) is 172 Å². The van der Waals surface area contributed by atoms with Crippen LogP contribution < -0.4 is 0 Å². The van der Waals surface area contributed by atoms with Crippen molar-refractivity contribution in [2.75, 3.05) is 53.1 Å². The number of aryl methyl sites for hydroxylation is 24. The molecule has 0 saturated carbocycles. The molecule has 0 saturated heterocycles. The third-order valence-corrected chi connectivity index (χ3v) is 18.6. The summed E-state index contributed by atoms with van der Waals surface area (Å²) in [5.74, 6) is 0.167. The van der Waals surface area contributed by atoms with Crippen LogP contribution in [0.1, 0.15) is 267 Å². The lowest BCUT2D eigenvalue weighted by molar-refractivity contribution is -0.327. The molecule has 0 amide bonds. The zero-order chi connectivity index (χ0) is 90.6. The Balaban J connectivity index is -0.000000100. The van der Waals surface area contributed by atoms with Crippen LogP contribution in [-0.2, 0) is 25.8 Å². The average molecular weight is 1780 g/mol. The fourth-order valence-electron chi connectivity index (χ4n) is 10.3. The molecule has 9 aromatic carbocycles. The van der Waals surface area contributed by atoms with E-state index in [0.717, 1.165) is 30.3 Å². The second-order valence-electron chi connectivity index (χ2n) is 30.1. The number of nitrogens with zero attached hydrogens (tertiary/aromatic N) is 1. The molecule has 1 aromatic heterocycles. The summed E-state index contributed by atoms with van der Waals surface area (Å²) in [6.45, 7) is 60.4. The summed E-state index contributed by atoms with van der Waals surface area (Å²) >= 11 is 1.75.